The van der Waals surface area contributed by atoms with Crippen molar-refractivity contribution in [3.8, 4) is 0 Å². The molecule has 9 atom stereocenters. The first-order valence-electron chi connectivity index (χ1n) is 9.35. The summed E-state index contributed by atoms with van der Waals surface area (Å²) in [4.78, 5) is 38.2. The highest BCUT2D eigenvalue weighted by atomic mass is 16.3. The SMILES string of the molecule is C=C1C(=O)C23C(O)CC4C(C)(C=O)CCCC4(C)C2C(=O)C(O)C1C3O. The summed E-state index contributed by atoms with van der Waals surface area (Å²) in [5, 5.41) is 32.6. The van der Waals surface area contributed by atoms with Gasteiger partial charge in [0.2, 0.25) is 0 Å². The fraction of sp³-hybridized carbons (Fsp3) is 0.750. The molecule has 0 radical (unpaired) electrons. The number of carbonyl (C=O) groups excluding carboxylic acids is 3. The third-order valence-electron chi connectivity index (χ3n) is 8.27. The zero-order chi connectivity index (χ0) is 19.2. The van der Waals surface area contributed by atoms with Crippen molar-refractivity contribution < 1.29 is 29.7 Å². The number of ketones is 2. The van der Waals surface area contributed by atoms with E-state index in [1.807, 2.05) is 13.8 Å². The Kier molecular flexibility index (Phi) is 3.55. The second-order valence-corrected chi connectivity index (χ2v) is 9.33. The van der Waals surface area contributed by atoms with Crippen molar-refractivity contribution in [1.29, 1.82) is 0 Å². The van der Waals surface area contributed by atoms with E-state index < -0.39 is 58.0 Å². The molecular weight excluding hydrogens is 336 g/mol. The smallest absolute Gasteiger partial charge is 0.170 e. The van der Waals surface area contributed by atoms with Crippen LogP contribution in [-0.2, 0) is 14.4 Å². The Morgan fingerprint density at radius 1 is 1.15 bits per heavy atom. The second kappa shape index (κ2) is 5.12. The largest absolute Gasteiger partial charge is 0.392 e. The molecule has 4 saturated carbocycles. The van der Waals surface area contributed by atoms with Gasteiger partial charge in [0.15, 0.2) is 11.6 Å². The number of aliphatic hydroxyl groups is 3. The van der Waals surface area contributed by atoms with Crippen molar-refractivity contribution in [2.24, 2.45) is 34.0 Å². The van der Waals surface area contributed by atoms with Crippen LogP contribution in [0.1, 0.15) is 39.5 Å². The minimum Gasteiger partial charge on any atom is -0.392 e. The summed E-state index contributed by atoms with van der Waals surface area (Å²) in [6.07, 6.45) is -1.03. The molecule has 0 aromatic rings. The number of hydrogen-bond donors (Lipinski definition) is 3. The number of fused-ring (bicyclic) bond motifs is 3. The first kappa shape index (κ1) is 18.0. The lowest BCUT2D eigenvalue weighted by molar-refractivity contribution is -0.228. The molecule has 2 bridgehead atoms. The van der Waals surface area contributed by atoms with Crippen molar-refractivity contribution in [2.75, 3.05) is 0 Å². The first-order chi connectivity index (χ1) is 12.1. The highest BCUT2D eigenvalue weighted by molar-refractivity contribution is 6.11. The average Bonchev–Trinajstić information content (AvgIpc) is 2.74. The Morgan fingerprint density at radius 3 is 2.42 bits per heavy atom. The van der Waals surface area contributed by atoms with E-state index in [2.05, 4.69) is 6.58 Å². The molecule has 0 amide bonds. The Labute approximate surface area is 152 Å². The summed E-state index contributed by atoms with van der Waals surface area (Å²) in [7, 11) is 0. The van der Waals surface area contributed by atoms with E-state index in [0.29, 0.717) is 19.3 Å². The summed E-state index contributed by atoms with van der Waals surface area (Å²) in [5.41, 5.74) is -3.08. The molecule has 0 aliphatic heterocycles. The second-order valence-electron chi connectivity index (χ2n) is 9.33. The van der Waals surface area contributed by atoms with E-state index in [1.54, 1.807) is 0 Å². The van der Waals surface area contributed by atoms with E-state index in [4.69, 9.17) is 0 Å². The molecule has 3 N–H and O–H groups in total. The predicted molar refractivity (Wildman–Crippen MR) is 90.8 cm³/mol. The summed E-state index contributed by atoms with van der Waals surface area (Å²) < 4.78 is 0. The maximum absolute atomic E-state index is 13.2. The molecule has 9 unspecified atom stereocenters. The lowest BCUT2D eigenvalue weighted by Gasteiger charge is -2.64. The maximum atomic E-state index is 13.2. The lowest BCUT2D eigenvalue weighted by Crippen LogP contribution is -2.71. The number of rotatable bonds is 1. The van der Waals surface area contributed by atoms with E-state index >= 15 is 0 Å². The van der Waals surface area contributed by atoms with E-state index in [-0.39, 0.29) is 17.9 Å². The van der Waals surface area contributed by atoms with Crippen molar-refractivity contribution in [3.63, 3.8) is 0 Å². The van der Waals surface area contributed by atoms with Crippen molar-refractivity contribution in [1.82, 2.24) is 0 Å². The van der Waals surface area contributed by atoms with Gasteiger partial charge in [0.25, 0.3) is 0 Å². The molecule has 6 heteroatoms. The monoisotopic (exact) mass is 362 g/mol. The molecule has 4 rings (SSSR count). The standard InChI is InChI=1S/C20H26O6/c1-9-12-13(23)14(24)15-19(3)6-4-5-18(2,8-21)10(19)7-11(22)20(15,16(9)25)17(12)26/h8,10-13,15,17,22-23,26H,1,4-7H2,2-3H3. The summed E-state index contributed by atoms with van der Waals surface area (Å²) in [6.45, 7) is 7.43. The molecule has 0 aromatic heterocycles. The Bertz CT molecular complexity index is 730. The van der Waals surface area contributed by atoms with Gasteiger partial charge in [-0.1, -0.05) is 26.8 Å². The molecule has 6 nitrogen and oxygen atoms in total. The first-order valence-corrected chi connectivity index (χ1v) is 9.35. The predicted octanol–water partition coefficient (Wildman–Crippen LogP) is 0.425. The van der Waals surface area contributed by atoms with Gasteiger partial charge < -0.3 is 20.1 Å². The minimum atomic E-state index is -1.65. The van der Waals surface area contributed by atoms with E-state index in [0.717, 1.165) is 6.29 Å². The third-order valence-corrected chi connectivity index (χ3v) is 8.27. The van der Waals surface area contributed by atoms with Gasteiger partial charge in [-0.3, -0.25) is 9.59 Å². The Hall–Kier alpha value is -1.37. The third kappa shape index (κ3) is 1.67. The molecule has 4 aliphatic rings. The zero-order valence-corrected chi connectivity index (χ0v) is 15.1. The van der Waals surface area contributed by atoms with Crippen molar-refractivity contribution in [3.05, 3.63) is 12.2 Å². The van der Waals surface area contributed by atoms with Crippen LogP contribution in [0.25, 0.3) is 0 Å². The topological polar surface area (TPSA) is 112 Å². The normalized spacial score (nSPS) is 56.1. The van der Waals surface area contributed by atoms with Crippen LogP contribution < -0.4 is 0 Å². The molecule has 4 aliphatic carbocycles. The molecule has 0 aromatic carbocycles. The van der Waals surface area contributed by atoms with E-state index in [9.17, 15) is 29.7 Å². The van der Waals surface area contributed by atoms with E-state index in [1.165, 1.54) is 0 Å². The lowest BCUT2D eigenvalue weighted by atomic mass is 9.39. The van der Waals surface area contributed by atoms with Crippen LogP contribution in [0, 0.1) is 34.0 Å². The molecule has 0 heterocycles. The molecule has 1 spiro atoms. The van der Waals surface area contributed by atoms with Gasteiger partial charge in [-0.15, -0.1) is 0 Å². The van der Waals surface area contributed by atoms with Gasteiger partial charge >= 0.3 is 0 Å². The van der Waals surface area contributed by atoms with Crippen LogP contribution >= 0.6 is 0 Å². The van der Waals surface area contributed by atoms with Gasteiger partial charge in [-0.25, -0.2) is 0 Å². The van der Waals surface area contributed by atoms with Crippen LogP contribution in [0.2, 0.25) is 0 Å². The maximum Gasteiger partial charge on any atom is 0.170 e. The Balaban J connectivity index is 1.96. The van der Waals surface area contributed by atoms with Gasteiger partial charge in [-0.2, -0.15) is 0 Å². The van der Waals surface area contributed by atoms with Gasteiger partial charge in [0.1, 0.15) is 12.4 Å². The Morgan fingerprint density at radius 2 is 1.81 bits per heavy atom. The number of hydrogen-bond acceptors (Lipinski definition) is 6. The molecule has 0 saturated heterocycles. The van der Waals surface area contributed by atoms with Gasteiger partial charge in [0, 0.05) is 17.3 Å². The quantitative estimate of drug-likeness (QED) is 0.461. The molecular formula is C20H26O6. The summed E-state index contributed by atoms with van der Waals surface area (Å²) in [6, 6.07) is 0. The number of carbonyl (C=O) groups is 3. The van der Waals surface area contributed by atoms with Gasteiger partial charge in [-0.05, 0) is 36.2 Å². The van der Waals surface area contributed by atoms with Crippen LogP contribution in [0.4, 0.5) is 0 Å². The van der Waals surface area contributed by atoms with Gasteiger partial charge in [0.05, 0.1) is 17.6 Å². The number of aliphatic hydroxyl groups excluding tert-OH is 3. The number of Topliss-reactive ketones (excluding diaryl/α,β-unsaturated/α-hetero) is 2. The summed E-state index contributed by atoms with van der Waals surface area (Å²) >= 11 is 0. The average molecular weight is 362 g/mol. The fourth-order valence-corrected chi connectivity index (χ4v) is 7.11. The number of aldehydes is 1. The van der Waals surface area contributed by atoms with Crippen LogP contribution in [-0.4, -0.2) is 51.5 Å². The molecule has 4 fully saturated rings. The highest BCUT2D eigenvalue weighted by Crippen LogP contribution is 2.69. The highest BCUT2D eigenvalue weighted by Gasteiger charge is 2.78. The van der Waals surface area contributed by atoms with Crippen LogP contribution in [0.15, 0.2) is 12.2 Å². The summed E-state index contributed by atoms with van der Waals surface area (Å²) in [5.74, 6) is -3.38. The molecule has 142 valence electrons. The fourth-order valence-electron chi connectivity index (χ4n) is 7.11. The van der Waals surface area contributed by atoms with Crippen molar-refractivity contribution in [2.45, 2.75) is 57.8 Å². The van der Waals surface area contributed by atoms with Crippen molar-refractivity contribution >= 4 is 17.9 Å². The zero-order valence-electron chi connectivity index (χ0n) is 15.1. The molecule has 26 heavy (non-hydrogen) atoms. The van der Waals surface area contributed by atoms with Crippen LogP contribution in [0.3, 0.4) is 0 Å². The minimum absolute atomic E-state index is 0.0240. The van der Waals surface area contributed by atoms with Crippen LogP contribution in [0.5, 0.6) is 0 Å².